The van der Waals surface area contributed by atoms with Crippen LogP contribution in [0.1, 0.15) is 43.9 Å². The van der Waals surface area contributed by atoms with Crippen molar-refractivity contribution in [2.75, 3.05) is 7.11 Å². The number of amides is 2. The molecular formula is C24H32N2O3. The van der Waals surface area contributed by atoms with Crippen LogP contribution in [0, 0.1) is 6.92 Å². The number of nitrogens with zero attached hydrogens (tertiary/aromatic N) is 1. The monoisotopic (exact) mass is 396 g/mol. The van der Waals surface area contributed by atoms with E-state index in [4.69, 9.17) is 4.74 Å². The summed E-state index contributed by atoms with van der Waals surface area (Å²) in [5, 5.41) is 2.96. The first kappa shape index (κ1) is 22.5. The fraction of sp³-hybridized carbons (Fsp3) is 0.417. The Bertz CT molecular complexity index is 815. The summed E-state index contributed by atoms with van der Waals surface area (Å²) in [6, 6.07) is 14.9. The first-order valence-electron chi connectivity index (χ1n) is 10.1. The van der Waals surface area contributed by atoms with E-state index in [1.807, 2.05) is 76.2 Å². The van der Waals surface area contributed by atoms with Crippen LogP contribution in [0.2, 0.25) is 0 Å². The van der Waals surface area contributed by atoms with E-state index in [0.717, 1.165) is 22.4 Å². The molecule has 156 valence electrons. The van der Waals surface area contributed by atoms with E-state index < -0.39 is 6.04 Å². The van der Waals surface area contributed by atoms with Gasteiger partial charge in [-0.2, -0.15) is 0 Å². The molecule has 0 aliphatic rings. The van der Waals surface area contributed by atoms with Gasteiger partial charge in [0.25, 0.3) is 0 Å². The van der Waals surface area contributed by atoms with E-state index in [2.05, 4.69) is 5.32 Å². The molecule has 0 heterocycles. The highest BCUT2D eigenvalue weighted by Crippen LogP contribution is 2.18. The van der Waals surface area contributed by atoms with Crippen LogP contribution in [0.4, 0.5) is 0 Å². The first-order valence-corrected chi connectivity index (χ1v) is 10.1. The Morgan fingerprint density at radius 3 is 2.28 bits per heavy atom. The molecule has 1 N–H and O–H groups in total. The van der Waals surface area contributed by atoms with Crippen LogP contribution in [-0.4, -0.2) is 35.9 Å². The average molecular weight is 397 g/mol. The minimum atomic E-state index is -0.511. The third-order valence-corrected chi connectivity index (χ3v) is 4.93. The molecule has 2 rings (SSSR count). The minimum Gasteiger partial charge on any atom is -0.497 e. The molecule has 2 aromatic rings. The molecule has 0 aliphatic carbocycles. The van der Waals surface area contributed by atoms with Crippen molar-refractivity contribution in [3.8, 4) is 5.75 Å². The SMILES string of the molecule is CCC(C(=O)NC(C)C)N(Cc1ccccc1C)C(=O)Cc1ccc(OC)cc1. The zero-order valence-electron chi connectivity index (χ0n) is 18.1. The summed E-state index contributed by atoms with van der Waals surface area (Å²) in [5.41, 5.74) is 3.05. The van der Waals surface area contributed by atoms with E-state index in [1.165, 1.54) is 0 Å². The van der Waals surface area contributed by atoms with Crippen molar-refractivity contribution in [1.82, 2.24) is 10.2 Å². The highest BCUT2D eigenvalue weighted by molar-refractivity contribution is 5.88. The van der Waals surface area contributed by atoms with Gasteiger partial charge in [0.15, 0.2) is 0 Å². The van der Waals surface area contributed by atoms with Gasteiger partial charge in [-0.25, -0.2) is 0 Å². The van der Waals surface area contributed by atoms with E-state index in [-0.39, 0.29) is 24.3 Å². The van der Waals surface area contributed by atoms with Crippen molar-refractivity contribution in [2.24, 2.45) is 0 Å². The Balaban J connectivity index is 2.29. The fourth-order valence-corrected chi connectivity index (χ4v) is 3.29. The number of hydrogen-bond acceptors (Lipinski definition) is 3. The van der Waals surface area contributed by atoms with E-state index >= 15 is 0 Å². The zero-order valence-corrected chi connectivity index (χ0v) is 18.1. The number of carbonyl (C=O) groups excluding carboxylic acids is 2. The third kappa shape index (κ3) is 6.34. The molecule has 0 aliphatic heterocycles. The number of hydrogen-bond donors (Lipinski definition) is 1. The maximum Gasteiger partial charge on any atom is 0.243 e. The predicted octanol–water partition coefficient (Wildman–Crippen LogP) is 3.88. The summed E-state index contributed by atoms with van der Waals surface area (Å²) in [4.78, 5) is 27.8. The molecule has 5 heteroatoms. The molecule has 1 atom stereocenters. The number of carbonyl (C=O) groups is 2. The third-order valence-electron chi connectivity index (χ3n) is 4.93. The lowest BCUT2D eigenvalue weighted by molar-refractivity contribution is -0.141. The average Bonchev–Trinajstić information content (AvgIpc) is 2.69. The van der Waals surface area contributed by atoms with Gasteiger partial charge in [-0.15, -0.1) is 0 Å². The van der Waals surface area contributed by atoms with Gasteiger partial charge in [0, 0.05) is 12.6 Å². The molecule has 1 unspecified atom stereocenters. The Labute approximate surface area is 174 Å². The summed E-state index contributed by atoms with van der Waals surface area (Å²) < 4.78 is 5.19. The number of benzene rings is 2. The lowest BCUT2D eigenvalue weighted by Crippen LogP contribution is -2.50. The van der Waals surface area contributed by atoms with Crippen molar-refractivity contribution in [2.45, 2.75) is 59.2 Å². The number of methoxy groups -OCH3 is 1. The molecular weight excluding hydrogens is 364 g/mol. The number of nitrogens with one attached hydrogen (secondary N) is 1. The van der Waals surface area contributed by atoms with Crippen molar-refractivity contribution >= 4 is 11.8 Å². The molecule has 0 bridgehead atoms. The van der Waals surface area contributed by atoms with Crippen LogP contribution in [0.3, 0.4) is 0 Å². The molecule has 0 radical (unpaired) electrons. The molecule has 29 heavy (non-hydrogen) atoms. The van der Waals surface area contributed by atoms with Crippen molar-refractivity contribution in [3.05, 3.63) is 65.2 Å². The van der Waals surface area contributed by atoms with Gasteiger partial charge in [-0.1, -0.05) is 43.3 Å². The lowest BCUT2D eigenvalue weighted by atomic mass is 10.0. The molecule has 0 saturated carbocycles. The Morgan fingerprint density at radius 2 is 1.72 bits per heavy atom. The van der Waals surface area contributed by atoms with Crippen LogP contribution >= 0.6 is 0 Å². The molecule has 5 nitrogen and oxygen atoms in total. The maximum absolute atomic E-state index is 13.3. The lowest BCUT2D eigenvalue weighted by Gasteiger charge is -2.31. The highest BCUT2D eigenvalue weighted by atomic mass is 16.5. The number of rotatable bonds is 9. The molecule has 2 amide bonds. The fourth-order valence-electron chi connectivity index (χ4n) is 3.29. The van der Waals surface area contributed by atoms with Crippen molar-refractivity contribution in [3.63, 3.8) is 0 Å². The number of aryl methyl sites for hydroxylation is 1. The van der Waals surface area contributed by atoms with Gasteiger partial charge in [0.05, 0.1) is 13.5 Å². The maximum atomic E-state index is 13.3. The van der Waals surface area contributed by atoms with Crippen molar-refractivity contribution in [1.29, 1.82) is 0 Å². The topological polar surface area (TPSA) is 58.6 Å². The van der Waals surface area contributed by atoms with Gasteiger partial charge in [-0.3, -0.25) is 9.59 Å². The van der Waals surface area contributed by atoms with Gasteiger partial charge >= 0.3 is 0 Å². The standard InChI is InChI=1S/C24H32N2O3/c1-6-22(24(28)25-17(2)3)26(16-20-10-8-7-9-18(20)4)23(27)15-19-11-13-21(29-5)14-12-19/h7-14,17,22H,6,15-16H2,1-5H3,(H,25,28). The first-order chi connectivity index (χ1) is 13.8. The van der Waals surface area contributed by atoms with Crippen LogP contribution in [0.5, 0.6) is 5.75 Å². The second-order valence-corrected chi connectivity index (χ2v) is 7.56. The van der Waals surface area contributed by atoms with Gasteiger partial charge in [-0.05, 0) is 56.0 Å². The molecule has 0 spiro atoms. The highest BCUT2D eigenvalue weighted by Gasteiger charge is 2.29. The Kier molecular flexibility index (Phi) is 8.25. The molecule has 0 fully saturated rings. The van der Waals surface area contributed by atoms with Crippen molar-refractivity contribution < 1.29 is 14.3 Å². The Hall–Kier alpha value is -2.82. The van der Waals surface area contributed by atoms with Gasteiger partial charge in [0.1, 0.15) is 11.8 Å². The van der Waals surface area contributed by atoms with Crippen LogP contribution in [0.25, 0.3) is 0 Å². The minimum absolute atomic E-state index is 0.0218. The summed E-state index contributed by atoms with van der Waals surface area (Å²) in [6.45, 7) is 8.23. The van der Waals surface area contributed by atoms with E-state index in [1.54, 1.807) is 12.0 Å². The van der Waals surface area contributed by atoms with Crippen LogP contribution in [-0.2, 0) is 22.6 Å². The largest absolute Gasteiger partial charge is 0.497 e. The second-order valence-electron chi connectivity index (χ2n) is 7.56. The Morgan fingerprint density at radius 1 is 1.07 bits per heavy atom. The summed E-state index contributed by atoms with van der Waals surface area (Å²) in [6.07, 6.45) is 0.792. The predicted molar refractivity (Wildman–Crippen MR) is 116 cm³/mol. The van der Waals surface area contributed by atoms with E-state index in [9.17, 15) is 9.59 Å². The molecule has 0 saturated heterocycles. The normalized spacial score (nSPS) is 11.8. The van der Waals surface area contributed by atoms with Crippen LogP contribution < -0.4 is 10.1 Å². The van der Waals surface area contributed by atoms with Crippen LogP contribution in [0.15, 0.2) is 48.5 Å². The quantitative estimate of drug-likeness (QED) is 0.700. The summed E-state index contributed by atoms with van der Waals surface area (Å²) in [7, 11) is 1.61. The molecule has 2 aromatic carbocycles. The summed E-state index contributed by atoms with van der Waals surface area (Å²) >= 11 is 0. The zero-order chi connectivity index (χ0) is 21.4. The van der Waals surface area contributed by atoms with Gasteiger partial charge in [0.2, 0.25) is 11.8 Å². The summed E-state index contributed by atoms with van der Waals surface area (Å²) in [5.74, 6) is 0.573. The second kappa shape index (κ2) is 10.6. The molecule has 0 aromatic heterocycles. The van der Waals surface area contributed by atoms with E-state index in [0.29, 0.717) is 13.0 Å². The smallest absolute Gasteiger partial charge is 0.243 e. The number of ether oxygens (including phenoxy) is 1. The van der Waals surface area contributed by atoms with Gasteiger partial charge < -0.3 is 15.0 Å².